The van der Waals surface area contributed by atoms with Crippen LogP contribution in [0.4, 0.5) is 5.69 Å². The van der Waals surface area contributed by atoms with Crippen LogP contribution in [-0.4, -0.2) is 4.98 Å². The number of pyridine rings is 1. The van der Waals surface area contributed by atoms with Crippen LogP contribution in [-0.2, 0) is 6.54 Å². The minimum absolute atomic E-state index is 0.553. The molecule has 0 saturated carbocycles. The first-order chi connectivity index (χ1) is 8.65. The highest BCUT2D eigenvalue weighted by Crippen LogP contribution is 2.19. The number of anilines is 1. The molecular weight excluding hydrogens is 288 g/mol. The summed E-state index contributed by atoms with van der Waals surface area (Å²) in [6, 6.07) is 12.6. The van der Waals surface area contributed by atoms with Crippen molar-refractivity contribution in [1.82, 2.24) is 4.98 Å². The quantitative estimate of drug-likeness (QED) is 0.894. The van der Waals surface area contributed by atoms with Crippen LogP contribution in [0.5, 0.6) is 0 Å². The van der Waals surface area contributed by atoms with Gasteiger partial charge in [-0.05, 0) is 51.7 Å². The Morgan fingerprint density at radius 2 is 2.06 bits per heavy atom. The van der Waals surface area contributed by atoms with Gasteiger partial charge in [0.1, 0.15) is 0 Å². The SMILES string of the molecule is CC(C)c1cccc(NCc2ccc(Br)cn2)c1. The molecule has 94 valence electrons. The average Bonchev–Trinajstić information content (AvgIpc) is 2.38. The molecule has 2 rings (SSSR count). The van der Waals surface area contributed by atoms with Crippen LogP contribution in [0.15, 0.2) is 47.1 Å². The molecule has 0 aliphatic rings. The lowest BCUT2D eigenvalue weighted by Gasteiger charge is -2.10. The molecule has 0 bridgehead atoms. The van der Waals surface area contributed by atoms with E-state index in [1.165, 1.54) is 5.56 Å². The van der Waals surface area contributed by atoms with E-state index in [4.69, 9.17) is 0 Å². The van der Waals surface area contributed by atoms with Gasteiger partial charge >= 0.3 is 0 Å². The summed E-state index contributed by atoms with van der Waals surface area (Å²) in [6.07, 6.45) is 1.82. The molecule has 0 radical (unpaired) electrons. The molecule has 1 aromatic heterocycles. The Labute approximate surface area is 117 Å². The molecule has 0 amide bonds. The molecule has 3 heteroatoms. The Hall–Kier alpha value is -1.35. The third-order valence-electron chi connectivity index (χ3n) is 2.82. The number of halogens is 1. The van der Waals surface area contributed by atoms with E-state index in [1.807, 2.05) is 18.3 Å². The van der Waals surface area contributed by atoms with Gasteiger partial charge in [-0.1, -0.05) is 26.0 Å². The van der Waals surface area contributed by atoms with Crippen LogP contribution in [0.2, 0.25) is 0 Å². The lowest BCUT2D eigenvalue weighted by molar-refractivity contribution is 0.866. The molecule has 0 fully saturated rings. The molecule has 18 heavy (non-hydrogen) atoms. The van der Waals surface area contributed by atoms with Crippen LogP contribution in [0, 0.1) is 0 Å². The Bertz CT molecular complexity index is 506. The minimum atomic E-state index is 0.553. The highest BCUT2D eigenvalue weighted by Gasteiger charge is 2.00. The van der Waals surface area contributed by atoms with Gasteiger partial charge in [-0.15, -0.1) is 0 Å². The van der Waals surface area contributed by atoms with E-state index in [1.54, 1.807) is 0 Å². The fourth-order valence-corrected chi connectivity index (χ4v) is 1.95. The van der Waals surface area contributed by atoms with Gasteiger partial charge in [0, 0.05) is 16.4 Å². The summed E-state index contributed by atoms with van der Waals surface area (Å²) < 4.78 is 1.01. The van der Waals surface area contributed by atoms with Crippen molar-refractivity contribution >= 4 is 21.6 Å². The summed E-state index contributed by atoms with van der Waals surface area (Å²) >= 11 is 3.38. The molecular formula is C15H17BrN2. The van der Waals surface area contributed by atoms with Crippen molar-refractivity contribution in [2.75, 3.05) is 5.32 Å². The van der Waals surface area contributed by atoms with Crippen molar-refractivity contribution in [3.63, 3.8) is 0 Å². The van der Waals surface area contributed by atoms with E-state index in [-0.39, 0.29) is 0 Å². The number of hydrogen-bond acceptors (Lipinski definition) is 2. The van der Waals surface area contributed by atoms with E-state index in [0.29, 0.717) is 5.92 Å². The van der Waals surface area contributed by atoms with Crippen LogP contribution in [0.3, 0.4) is 0 Å². The first-order valence-corrected chi connectivity index (χ1v) is 6.88. The van der Waals surface area contributed by atoms with Crippen molar-refractivity contribution in [3.8, 4) is 0 Å². The Kier molecular flexibility index (Phi) is 4.37. The summed E-state index contributed by atoms with van der Waals surface area (Å²) in [5, 5.41) is 3.40. The summed E-state index contributed by atoms with van der Waals surface area (Å²) in [5.41, 5.74) is 3.53. The second-order valence-corrected chi connectivity index (χ2v) is 5.52. The van der Waals surface area contributed by atoms with E-state index >= 15 is 0 Å². The highest BCUT2D eigenvalue weighted by atomic mass is 79.9. The lowest BCUT2D eigenvalue weighted by atomic mass is 10.0. The van der Waals surface area contributed by atoms with Crippen molar-refractivity contribution in [3.05, 3.63) is 58.3 Å². The molecule has 1 heterocycles. The fourth-order valence-electron chi connectivity index (χ4n) is 1.71. The molecule has 1 N–H and O–H groups in total. The van der Waals surface area contributed by atoms with Crippen LogP contribution >= 0.6 is 15.9 Å². The first kappa shape index (κ1) is 13.1. The lowest BCUT2D eigenvalue weighted by Crippen LogP contribution is -2.01. The van der Waals surface area contributed by atoms with Crippen molar-refractivity contribution < 1.29 is 0 Å². The minimum Gasteiger partial charge on any atom is -0.379 e. The van der Waals surface area contributed by atoms with E-state index in [0.717, 1.165) is 22.4 Å². The Balaban J connectivity index is 2.01. The van der Waals surface area contributed by atoms with Crippen LogP contribution in [0.1, 0.15) is 31.0 Å². The summed E-state index contributed by atoms with van der Waals surface area (Å²) in [4.78, 5) is 4.34. The zero-order valence-electron chi connectivity index (χ0n) is 10.7. The maximum Gasteiger partial charge on any atom is 0.0595 e. The number of aromatic nitrogens is 1. The van der Waals surface area contributed by atoms with Gasteiger partial charge in [0.05, 0.1) is 12.2 Å². The van der Waals surface area contributed by atoms with Crippen LogP contribution in [0.25, 0.3) is 0 Å². The topological polar surface area (TPSA) is 24.9 Å². The van der Waals surface area contributed by atoms with Crippen molar-refractivity contribution in [2.24, 2.45) is 0 Å². The van der Waals surface area contributed by atoms with E-state index in [9.17, 15) is 0 Å². The molecule has 0 aliphatic carbocycles. The smallest absolute Gasteiger partial charge is 0.0595 e. The third-order valence-corrected chi connectivity index (χ3v) is 3.28. The van der Waals surface area contributed by atoms with Crippen LogP contribution < -0.4 is 5.32 Å². The Morgan fingerprint density at radius 1 is 1.22 bits per heavy atom. The van der Waals surface area contributed by atoms with Gasteiger partial charge in [0.25, 0.3) is 0 Å². The zero-order valence-corrected chi connectivity index (χ0v) is 12.2. The van der Waals surface area contributed by atoms with E-state index in [2.05, 4.69) is 64.3 Å². The molecule has 2 aromatic rings. The third kappa shape index (κ3) is 3.57. The number of rotatable bonds is 4. The highest BCUT2D eigenvalue weighted by molar-refractivity contribution is 9.10. The molecule has 0 saturated heterocycles. The average molecular weight is 305 g/mol. The number of nitrogens with one attached hydrogen (secondary N) is 1. The largest absolute Gasteiger partial charge is 0.379 e. The normalized spacial score (nSPS) is 10.7. The van der Waals surface area contributed by atoms with Gasteiger partial charge < -0.3 is 5.32 Å². The predicted molar refractivity (Wildman–Crippen MR) is 79.8 cm³/mol. The van der Waals surface area contributed by atoms with Gasteiger partial charge in [-0.3, -0.25) is 4.98 Å². The maximum atomic E-state index is 4.34. The Morgan fingerprint density at radius 3 is 2.72 bits per heavy atom. The molecule has 2 nitrogen and oxygen atoms in total. The second-order valence-electron chi connectivity index (χ2n) is 4.60. The molecule has 0 aliphatic heterocycles. The van der Waals surface area contributed by atoms with Gasteiger partial charge in [-0.25, -0.2) is 0 Å². The van der Waals surface area contributed by atoms with Crippen molar-refractivity contribution in [2.45, 2.75) is 26.3 Å². The van der Waals surface area contributed by atoms with Gasteiger partial charge in [-0.2, -0.15) is 0 Å². The van der Waals surface area contributed by atoms with Gasteiger partial charge in [0.15, 0.2) is 0 Å². The summed E-state index contributed by atoms with van der Waals surface area (Å²) in [5.74, 6) is 0.553. The molecule has 1 aromatic carbocycles. The zero-order chi connectivity index (χ0) is 13.0. The number of nitrogens with zero attached hydrogens (tertiary/aromatic N) is 1. The van der Waals surface area contributed by atoms with E-state index < -0.39 is 0 Å². The first-order valence-electron chi connectivity index (χ1n) is 6.09. The standard InChI is InChI=1S/C15H17BrN2/c1-11(2)12-4-3-5-14(8-12)18-10-15-7-6-13(16)9-17-15/h3-9,11,18H,10H2,1-2H3. The predicted octanol–water partition coefficient (Wildman–Crippen LogP) is 4.58. The number of hydrogen-bond donors (Lipinski definition) is 1. The summed E-state index contributed by atoms with van der Waals surface area (Å²) in [7, 11) is 0. The molecule has 0 spiro atoms. The summed E-state index contributed by atoms with van der Waals surface area (Å²) in [6.45, 7) is 5.15. The second kappa shape index (κ2) is 6.01. The number of benzene rings is 1. The molecule has 0 atom stereocenters. The van der Waals surface area contributed by atoms with Crippen molar-refractivity contribution in [1.29, 1.82) is 0 Å². The van der Waals surface area contributed by atoms with Gasteiger partial charge in [0.2, 0.25) is 0 Å². The monoisotopic (exact) mass is 304 g/mol. The fraction of sp³-hybridized carbons (Fsp3) is 0.267. The maximum absolute atomic E-state index is 4.34. The molecule has 0 unspecified atom stereocenters.